The molecule has 1 aromatic carbocycles. The highest BCUT2D eigenvalue weighted by Crippen LogP contribution is 2.19. The first-order valence-corrected chi connectivity index (χ1v) is 8.17. The van der Waals surface area contributed by atoms with Crippen molar-refractivity contribution in [2.24, 2.45) is 4.99 Å². The molecule has 1 saturated heterocycles. The molecule has 2 heteroatoms. The van der Waals surface area contributed by atoms with E-state index < -0.39 is 0 Å². The number of piperidine rings is 1. The quantitative estimate of drug-likeness (QED) is 0.743. The zero-order valence-corrected chi connectivity index (χ0v) is 13.7. The van der Waals surface area contributed by atoms with Gasteiger partial charge in [0, 0.05) is 13.1 Å². The lowest BCUT2D eigenvalue weighted by Crippen LogP contribution is -2.37. The summed E-state index contributed by atoms with van der Waals surface area (Å²) in [5.41, 5.74) is 3.72. The van der Waals surface area contributed by atoms with Crippen molar-refractivity contribution >= 4 is 5.71 Å². The van der Waals surface area contributed by atoms with Crippen molar-refractivity contribution in [3.05, 3.63) is 47.5 Å². The van der Waals surface area contributed by atoms with Gasteiger partial charge in [0.15, 0.2) is 0 Å². The Hall–Kier alpha value is -1.41. The molecule has 0 aliphatic carbocycles. The predicted octanol–water partition coefficient (Wildman–Crippen LogP) is 4.10. The van der Waals surface area contributed by atoms with Gasteiger partial charge in [0.2, 0.25) is 0 Å². The van der Waals surface area contributed by atoms with E-state index >= 15 is 0 Å². The molecule has 1 aliphatic heterocycles. The number of benzene rings is 1. The summed E-state index contributed by atoms with van der Waals surface area (Å²) in [5.74, 6) is 0. The lowest BCUT2D eigenvalue weighted by molar-refractivity contribution is 0.184. The molecule has 1 atom stereocenters. The average Bonchev–Trinajstić information content (AvgIpc) is 2.52. The predicted molar refractivity (Wildman–Crippen MR) is 92.3 cm³/mol. The van der Waals surface area contributed by atoms with Crippen molar-refractivity contribution in [2.45, 2.75) is 45.1 Å². The fraction of sp³-hybridized carbons (Fsp3) is 0.526. The Bertz CT molecular complexity index is 485. The summed E-state index contributed by atoms with van der Waals surface area (Å²) >= 11 is 0. The number of hydrogen-bond acceptors (Lipinski definition) is 2. The molecule has 0 N–H and O–H groups in total. The minimum Gasteiger partial charge on any atom is -0.303 e. The third-order valence-corrected chi connectivity index (χ3v) is 4.39. The van der Waals surface area contributed by atoms with Gasteiger partial charge < -0.3 is 4.90 Å². The van der Waals surface area contributed by atoms with Crippen molar-refractivity contribution in [2.75, 3.05) is 20.6 Å². The molecule has 1 aliphatic rings. The van der Waals surface area contributed by atoms with E-state index in [0.717, 1.165) is 12.1 Å². The lowest BCUT2D eigenvalue weighted by atomic mass is 9.95. The molecule has 2 nitrogen and oxygen atoms in total. The number of likely N-dealkylation sites (N-methyl/N-ethyl adjacent to an activating group) is 1. The topological polar surface area (TPSA) is 15.6 Å². The van der Waals surface area contributed by atoms with Crippen LogP contribution in [0.2, 0.25) is 0 Å². The van der Waals surface area contributed by atoms with E-state index in [1.54, 1.807) is 0 Å². The second kappa shape index (κ2) is 8.14. The van der Waals surface area contributed by atoms with E-state index in [1.165, 1.54) is 43.4 Å². The number of likely N-dealkylation sites (tertiary alicyclic amines) is 1. The minimum atomic E-state index is 0.712. The summed E-state index contributed by atoms with van der Waals surface area (Å²) in [4.78, 5) is 6.89. The molecular formula is C19H28N2. The van der Waals surface area contributed by atoms with Gasteiger partial charge in [0.05, 0.1) is 5.71 Å². The van der Waals surface area contributed by atoms with Crippen LogP contribution in [0, 0.1) is 0 Å². The molecule has 21 heavy (non-hydrogen) atoms. The highest BCUT2D eigenvalue weighted by atomic mass is 15.1. The number of nitrogens with zero attached hydrogens (tertiary/aromatic N) is 2. The lowest BCUT2D eigenvalue weighted by Gasteiger charge is -2.32. The van der Waals surface area contributed by atoms with E-state index in [-0.39, 0.29) is 0 Å². The number of rotatable bonds is 5. The van der Waals surface area contributed by atoms with E-state index in [9.17, 15) is 0 Å². The van der Waals surface area contributed by atoms with Crippen molar-refractivity contribution < 1.29 is 0 Å². The molecule has 1 fully saturated rings. The summed E-state index contributed by atoms with van der Waals surface area (Å²) in [6.45, 7) is 3.39. The van der Waals surface area contributed by atoms with Crippen LogP contribution in [0.3, 0.4) is 0 Å². The van der Waals surface area contributed by atoms with E-state index in [4.69, 9.17) is 0 Å². The third-order valence-electron chi connectivity index (χ3n) is 4.39. The monoisotopic (exact) mass is 284 g/mol. The Kier molecular flexibility index (Phi) is 6.19. The van der Waals surface area contributed by atoms with Crippen LogP contribution in [-0.2, 0) is 6.42 Å². The van der Waals surface area contributed by atoms with Crippen LogP contribution >= 0.6 is 0 Å². The fourth-order valence-corrected chi connectivity index (χ4v) is 3.02. The maximum Gasteiger partial charge on any atom is 0.0639 e. The van der Waals surface area contributed by atoms with Crippen LogP contribution in [-0.4, -0.2) is 37.3 Å². The standard InChI is InChI=1S/C19H28N2/c1-4-5-9-19(20-2)17-12-10-16(11-13-17)15-18-8-6-7-14-21(18)3/h5,9-13,18H,4,6-8,14-15H2,1-3H3/b9-5-,20-19?. The van der Waals surface area contributed by atoms with Crippen molar-refractivity contribution in [1.82, 2.24) is 4.90 Å². The van der Waals surface area contributed by atoms with E-state index in [1.807, 2.05) is 7.05 Å². The van der Waals surface area contributed by atoms with Crippen LogP contribution in [0.5, 0.6) is 0 Å². The summed E-state index contributed by atoms with van der Waals surface area (Å²) in [7, 11) is 4.12. The minimum absolute atomic E-state index is 0.712. The molecule has 0 saturated carbocycles. The van der Waals surface area contributed by atoms with E-state index in [2.05, 4.69) is 60.3 Å². The SMILES string of the molecule is CC/C=C\C(=NC)c1ccc(CC2CCCCN2C)cc1. The molecule has 0 spiro atoms. The second-order valence-electron chi connectivity index (χ2n) is 5.95. The first-order chi connectivity index (χ1) is 10.2. The zero-order valence-electron chi connectivity index (χ0n) is 13.7. The summed E-state index contributed by atoms with van der Waals surface area (Å²) in [5, 5.41) is 0. The van der Waals surface area contributed by atoms with Crippen LogP contribution in [0.1, 0.15) is 43.7 Å². The maximum atomic E-state index is 4.37. The van der Waals surface area contributed by atoms with Crippen LogP contribution in [0.25, 0.3) is 0 Å². The Morgan fingerprint density at radius 3 is 2.67 bits per heavy atom. The largest absolute Gasteiger partial charge is 0.303 e. The molecule has 0 amide bonds. The molecule has 114 valence electrons. The highest BCUT2D eigenvalue weighted by molar-refractivity contribution is 6.08. The second-order valence-corrected chi connectivity index (χ2v) is 5.95. The van der Waals surface area contributed by atoms with Gasteiger partial charge in [-0.2, -0.15) is 0 Å². The fourth-order valence-electron chi connectivity index (χ4n) is 3.02. The molecule has 0 bridgehead atoms. The molecule has 1 aromatic rings. The van der Waals surface area contributed by atoms with Crippen molar-refractivity contribution in [3.63, 3.8) is 0 Å². The molecular weight excluding hydrogens is 256 g/mol. The van der Waals surface area contributed by atoms with Gasteiger partial charge in [-0.25, -0.2) is 0 Å². The van der Waals surface area contributed by atoms with Gasteiger partial charge in [-0.05, 0) is 56.5 Å². The smallest absolute Gasteiger partial charge is 0.0639 e. The van der Waals surface area contributed by atoms with Crippen LogP contribution in [0.15, 0.2) is 41.4 Å². The molecule has 2 rings (SSSR count). The maximum absolute atomic E-state index is 4.37. The summed E-state index contributed by atoms with van der Waals surface area (Å²) < 4.78 is 0. The van der Waals surface area contributed by atoms with Crippen LogP contribution in [0.4, 0.5) is 0 Å². The van der Waals surface area contributed by atoms with E-state index in [0.29, 0.717) is 6.04 Å². The average molecular weight is 284 g/mol. The first-order valence-electron chi connectivity index (χ1n) is 8.17. The molecule has 0 radical (unpaired) electrons. The highest BCUT2D eigenvalue weighted by Gasteiger charge is 2.18. The molecule has 0 aromatic heterocycles. The number of aliphatic imine (C=N–C) groups is 1. The summed E-state index contributed by atoms with van der Waals surface area (Å²) in [6, 6.07) is 9.66. The van der Waals surface area contributed by atoms with Crippen LogP contribution < -0.4 is 0 Å². The van der Waals surface area contributed by atoms with Gasteiger partial charge >= 0.3 is 0 Å². The normalized spacial score (nSPS) is 21.1. The van der Waals surface area contributed by atoms with Gasteiger partial charge in [0.1, 0.15) is 0 Å². The van der Waals surface area contributed by atoms with Gasteiger partial charge in [-0.3, -0.25) is 4.99 Å². The zero-order chi connectivity index (χ0) is 15.1. The van der Waals surface area contributed by atoms with Gasteiger partial charge in [0.25, 0.3) is 0 Å². The summed E-state index contributed by atoms with van der Waals surface area (Å²) in [6.07, 6.45) is 10.6. The Morgan fingerprint density at radius 1 is 1.29 bits per heavy atom. The van der Waals surface area contributed by atoms with Gasteiger partial charge in [-0.1, -0.05) is 43.7 Å². The Balaban J connectivity index is 2.03. The van der Waals surface area contributed by atoms with Crippen molar-refractivity contribution in [3.8, 4) is 0 Å². The third kappa shape index (κ3) is 4.53. The first kappa shape index (κ1) is 16.0. The Labute approximate surface area is 129 Å². The number of allylic oxidation sites excluding steroid dienone is 2. The number of hydrogen-bond donors (Lipinski definition) is 0. The molecule has 1 heterocycles. The van der Waals surface area contributed by atoms with Gasteiger partial charge in [-0.15, -0.1) is 0 Å². The molecule has 1 unspecified atom stereocenters. The Morgan fingerprint density at radius 2 is 2.05 bits per heavy atom. The van der Waals surface area contributed by atoms with Crippen molar-refractivity contribution in [1.29, 1.82) is 0 Å².